The van der Waals surface area contributed by atoms with Crippen LogP contribution in [0.15, 0.2) is 55.1 Å². The summed E-state index contributed by atoms with van der Waals surface area (Å²) >= 11 is 0. The molecule has 0 unspecified atom stereocenters. The monoisotopic (exact) mass is 330 g/mol. The van der Waals surface area contributed by atoms with Crippen molar-refractivity contribution in [3.63, 3.8) is 0 Å². The fourth-order valence-electron chi connectivity index (χ4n) is 3.21. The Labute approximate surface area is 146 Å². The van der Waals surface area contributed by atoms with Gasteiger partial charge in [0, 0.05) is 43.4 Å². The zero-order valence-corrected chi connectivity index (χ0v) is 14.0. The standard InChI is InChI=1S/C20H18N4O/c1-14-2-9-22-16(12-14)6-11-24-13-18-19(20(24)25)17(5-10-23-18)15-3-7-21-8-4-15/h2-5,7-10,12H,6,11,13H2,1H3. The lowest BCUT2D eigenvalue weighted by Crippen LogP contribution is -2.26. The highest BCUT2D eigenvalue weighted by Crippen LogP contribution is 2.31. The van der Waals surface area contributed by atoms with Crippen LogP contribution in [0.5, 0.6) is 0 Å². The third kappa shape index (κ3) is 3.01. The SMILES string of the molecule is Cc1ccnc(CCN2Cc3nccc(-c4ccncc4)c3C2=O)c1. The average Bonchev–Trinajstić information content (AvgIpc) is 2.97. The van der Waals surface area contributed by atoms with Gasteiger partial charge in [-0.05, 0) is 53.9 Å². The summed E-state index contributed by atoms with van der Waals surface area (Å²) in [6.07, 6.45) is 7.80. The molecular formula is C20H18N4O. The molecule has 5 heteroatoms. The number of pyridine rings is 3. The average molecular weight is 330 g/mol. The van der Waals surface area contributed by atoms with Gasteiger partial charge >= 0.3 is 0 Å². The predicted octanol–water partition coefficient (Wildman–Crippen LogP) is 3.05. The lowest BCUT2D eigenvalue weighted by atomic mass is 10.0. The van der Waals surface area contributed by atoms with Gasteiger partial charge in [-0.1, -0.05) is 0 Å². The number of carbonyl (C=O) groups excluding carboxylic acids is 1. The third-order valence-corrected chi connectivity index (χ3v) is 4.47. The summed E-state index contributed by atoms with van der Waals surface area (Å²) in [4.78, 5) is 27.6. The molecule has 0 bridgehead atoms. The summed E-state index contributed by atoms with van der Waals surface area (Å²) < 4.78 is 0. The Balaban J connectivity index is 1.57. The molecule has 1 aliphatic rings. The first kappa shape index (κ1) is 15.4. The molecule has 0 saturated carbocycles. The van der Waals surface area contributed by atoms with Crippen LogP contribution in [0.2, 0.25) is 0 Å². The second-order valence-electron chi connectivity index (χ2n) is 6.22. The van der Waals surface area contributed by atoms with E-state index < -0.39 is 0 Å². The van der Waals surface area contributed by atoms with Crippen LogP contribution in [-0.2, 0) is 13.0 Å². The van der Waals surface area contributed by atoms with Crippen molar-refractivity contribution in [2.45, 2.75) is 19.9 Å². The highest BCUT2D eigenvalue weighted by atomic mass is 16.2. The molecule has 3 aromatic rings. The van der Waals surface area contributed by atoms with Crippen molar-refractivity contribution in [2.24, 2.45) is 0 Å². The van der Waals surface area contributed by atoms with Crippen LogP contribution in [0.25, 0.3) is 11.1 Å². The van der Waals surface area contributed by atoms with Gasteiger partial charge in [-0.25, -0.2) is 0 Å². The Bertz CT molecular complexity index is 924. The molecule has 5 nitrogen and oxygen atoms in total. The Hall–Kier alpha value is -3.08. The minimum absolute atomic E-state index is 0.0440. The van der Waals surface area contributed by atoms with E-state index >= 15 is 0 Å². The van der Waals surface area contributed by atoms with Gasteiger partial charge < -0.3 is 4.90 Å². The molecular weight excluding hydrogens is 312 g/mol. The van der Waals surface area contributed by atoms with Crippen LogP contribution in [0, 0.1) is 6.92 Å². The van der Waals surface area contributed by atoms with E-state index in [-0.39, 0.29) is 5.91 Å². The smallest absolute Gasteiger partial charge is 0.256 e. The van der Waals surface area contributed by atoms with E-state index in [2.05, 4.69) is 21.0 Å². The van der Waals surface area contributed by atoms with Gasteiger partial charge in [0.15, 0.2) is 0 Å². The number of rotatable bonds is 4. The molecule has 0 atom stereocenters. The van der Waals surface area contributed by atoms with E-state index in [4.69, 9.17) is 0 Å². The topological polar surface area (TPSA) is 59.0 Å². The fourth-order valence-corrected chi connectivity index (χ4v) is 3.21. The van der Waals surface area contributed by atoms with E-state index in [0.717, 1.165) is 28.9 Å². The molecule has 3 aromatic heterocycles. The van der Waals surface area contributed by atoms with Gasteiger partial charge in [-0.15, -0.1) is 0 Å². The van der Waals surface area contributed by atoms with Crippen molar-refractivity contribution in [2.75, 3.05) is 6.54 Å². The van der Waals surface area contributed by atoms with E-state index in [1.807, 2.05) is 42.3 Å². The second kappa shape index (κ2) is 6.43. The lowest BCUT2D eigenvalue weighted by Gasteiger charge is -2.15. The number of aromatic nitrogens is 3. The molecule has 0 aromatic carbocycles. The van der Waals surface area contributed by atoms with Crippen LogP contribution in [0.4, 0.5) is 0 Å². The molecule has 1 aliphatic heterocycles. The molecule has 4 heterocycles. The zero-order chi connectivity index (χ0) is 17.2. The quantitative estimate of drug-likeness (QED) is 0.738. The fraction of sp³-hybridized carbons (Fsp3) is 0.200. The third-order valence-electron chi connectivity index (χ3n) is 4.47. The number of hydrogen-bond acceptors (Lipinski definition) is 4. The van der Waals surface area contributed by atoms with Gasteiger partial charge in [0.2, 0.25) is 0 Å². The van der Waals surface area contributed by atoms with Crippen molar-refractivity contribution in [3.8, 4) is 11.1 Å². The normalized spacial score (nSPS) is 13.2. The number of fused-ring (bicyclic) bond motifs is 1. The number of carbonyl (C=O) groups is 1. The first-order valence-electron chi connectivity index (χ1n) is 8.31. The summed E-state index contributed by atoms with van der Waals surface area (Å²) in [5.74, 6) is 0.0440. The summed E-state index contributed by atoms with van der Waals surface area (Å²) in [6, 6.07) is 9.78. The van der Waals surface area contributed by atoms with Gasteiger partial charge in [-0.2, -0.15) is 0 Å². The minimum atomic E-state index is 0.0440. The molecule has 0 spiro atoms. The van der Waals surface area contributed by atoms with Crippen LogP contribution < -0.4 is 0 Å². The molecule has 25 heavy (non-hydrogen) atoms. The van der Waals surface area contributed by atoms with Crippen LogP contribution >= 0.6 is 0 Å². The summed E-state index contributed by atoms with van der Waals surface area (Å²) in [7, 11) is 0. The number of nitrogens with zero attached hydrogens (tertiary/aromatic N) is 4. The van der Waals surface area contributed by atoms with E-state index in [1.165, 1.54) is 5.56 Å². The predicted molar refractivity (Wildman–Crippen MR) is 94.9 cm³/mol. The summed E-state index contributed by atoms with van der Waals surface area (Å²) in [5.41, 5.74) is 5.66. The minimum Gasteiger partial charge on any atom is -0.332 e. The molecule has 124 valence electrons. The number of hydrogen-bond donors (Lipinski definition) is 0. The summed E-state index contributed by atoms with van der Waals surface area (Å²) in [6.45, 7) is 3.24. The molecule has 1 amide bonds. The first-order valence-corrected chi connectivity index (χ1v) is 8.31. The highest BCUT2D eigenvalue weighted by Gasteiger charge is 2.31. The molecule has 0 saturated heterocycles. The van der Waals surface area contributed by atoms with Crippen molar-refractivity contribution in [1.82, 2.24) is 19.9 Å². The van der Waals surface area contributed by atoms with Crippen molar-refractivity contribution >= 4 is 5.91 Å². The Kier molecular flexibility index (Phi) is 3.98. The van der Waals surface area contributed by atoms with E-state index in [1.54, 1.807) is 18.6 Å². The molecule has 4 rings (SSSR count). The maximum atomic E-state index is 12.9. The second-order valence-corrected chi connectivity index (χ2v) is 6.22. The van der Waals surface area contributed by atoms with Crippen molar-refractivity contribution < 1.29 is 4.79 Å². The molecule has 0 radical (unpaired) electrons. The van der Waals surface area contributed by atoms with Gasteiger partial charge in [0.1, 0.15) is 0 Å². The summed E-state index contributed by atoms with van der Waals surface area (Å²) in [5, 5.41) is 0. The lowest BCUT2D eigenvalue weighted by molar-refractivity contribution is 0.0780. The Morgan fingerprint density at radius 1 is 1.04 bits per heavy atom. The molecule has 0 fully saturated rings. The van der Waals surface area contributed by atoms with E-state index in [0.29, 0.717) is 18.7 Å². The largest absolute Gasteiger partial charge is 0.332 e. The van der Waals surface area contributed by atoms with Gasteiger partial charge in [-0.3, -0.25) is 19.7 Å². The van der Waals surface area contributed by atoms with Crippen LogP contribution in [0.3, 0.4) is 0 Å². The van der Waals surface area contributed by atoms with Crippen LogP contribution in [-0.4, -0.2) is 32.3 Å². The zero-order valence-electron chi connectivity index (χ0n) is 14.0. The van der Waals surface area contributed by atoms with Gasteiger partial charge in [0.25, 0.3) is 5.91 Å². The number of amides is 1. The molecule has 0 aliphatic carbocycles. The van der Waals surface area contributed by atoms with Crippen molar-refractivity contribution in [1.29, 1.82) is 0 Å². The van der Waals surface area contributed by atoms with E-state index in [9.17, 15) is 4.79 Å². The van der Waals surface area contributed by atoms with Crippen LogP contribution in [0.1, 0.15) is 27.3 Å². The maximum absolute atomic E-state index is 12.9. The molecule has 0 N–H and O–H groups in total. The number of aryl methyl sites for hydroxylation is 1. The highest BCUT2D eigenvalue weighted by molar-refractivity contribution is 6.03. The Morgan fingerprint density at radius 3 is 2.64 bits per heavy atom. The first-order chi connectivity index (χ1) is 12.2. The van der Waals surface area contributed by atoms with Gasteiger partial charge in [0.05, 0.1) is 17.8 Å². The van der Waals surface area contributed by atoms with Crippen molar-refractivity contribution in [3.05, 3.63) is 77.6 Å². The Morgan fingerprint density at radius 2 is 1.84 bits per heavy atom. The maximum Gasteiger partial charge on any atom is 0.256 e.